The highest BCUT2D eigenvalue weighted by Crippen LogP contribution is 2.32. The van der Waals surface area contributed by atoms with Crippen LogP contribution in [0.4, 0.5) is 5.69 Å². The third-order valence-electron chi connectivity index (χ3n) is 2.16. The number of carbonyl (C=O) groups excluding carboxylic acids is 1. The Morgan fingerprint density at radius 3 is 3.00 bits per heavy atom. The summed E-state index contributed by atoms with van der Waals surface area (Å²) in [6.45, 7) is 0.172. The molecule has 0 saturated carbocycles. The van der Waals surface area contributed by atoms with Crippen LogP contribution in [-0.2, 0) is 4.79 Å². The van der Waals surface area contributed by atoms with E-state index in [1.165, 1.54) is 0 Å². The van der Waals surface area contributed by atoms with Crippen LogP contribution in [-0.4, -0.2) is 24.2 Å². The molecule has 0 aliphatic carbocycles. The zero-order valence-electron chi connectivity index (χ0n) is 8.05. The predicted molar refractivity (Wildman–Crippen MR) is 54.6 cm³/mol. The lowest BCUT2D eigenvalue weighted by Gasteiger charge is -1.99. The van der Waals surface area contributed by atoms with Crippen molar-refractivity contribution in [3.8, 4) is 0 Å². The van der Waals surface area contributed by atoms with Crippen molar-refractivity contribution in [1.29, 1.82) is 0 Å². The maximum atomic E-state index is 11.5. The first-order chi connectivity index (χ1) is 7.33. The number of aliphatic hydroxyl groups excluding tert-OH is 1. The fourth-order valence-electron chi connectivity index (χ4n) is 1.49. The molecule has 1 amide bonds. The van der Waals surface area contributed by atoms with Crippen LogP contribution < -0.4 is 5.32 Å². The van der Waals surface area contributed by atoms with Crippen molar-refractivity contribution in [2.45, 2.75) is 6.04 Å². The zero-order valence-corrected chi connectivity index (χ0v) is 8.05. The summed E-state index contributed by atoms with van der Waals surface area (Å²) in [7, 11) is 0. The summed E-state index contributed by atoms with van der Waals surface area (Å²) in [5, 5.41) is 18.9. The number of hydrogen-bond donors (Lipinski definition) is 2. The molecule has 0 spiro atoms. The number of aliphatic hydroxyl groups is 1. The summed E-state index contributed by atoms with van der Waals surface area (Å²) in [5.74, 6) is -0.169. The van der Waals surface area contributed by atoms with Crippen LogP contribution in [0, 0.1) is 0 Å². The lowest BCUT2D eigenvalue weighted by Crippen LogP contribution is -2.09. The van der Waals surface area contributed by atoms with Gasteiger partial charge in [0, 0.05) is 11.3 Å². The molecule has 1 aromatic carbocycles. The molecule has 5 heteroatoms. The maximum absolute atomic E-state index is 11.5. The number of nitrogens with one attached hydrogen (secondary N) is 1. The predicted octanol–water partition coefficient (Wildman–Crippen LogP) is 1.12. The molecule has 0 bridgehead atoms. The number of rotatable bonds is 3. The Bertz CT molecular complexity index is 403. The Morgan fingerprint density at radius 1 is 1.40 bits per heavy atom. The maximum Gasteiger partial charge on any atom is 0.255 e. The van der Waals surface area contributed by atoms with Gasteiger partial charge in [-0.05, 0) is 6.07 Å². The average Bonchev–Trinajstić information content (AvgIpc) is 2.56. The van der Waals surface area contributed by atoms with E-state index in [1.807, 2.05) is 24.3 Å². The van der Waals surface area contributed by atoms with Gasteiger partial charge in [-0.1, -0.05) is 18.2 Å². The molecule has 2 rings (SSSR count). The third-order valence-corrected chi connectivity index (χ3v) is 2.16. The topological polar surface area (TPSA) is 74.0 Å². The monoisotopic (exact) mass is 205 g/mol. The first-order valence-corrected chi connectivity index (χ1v) is 4.70. The fourth-order valence-corrected chi connectivity index (χ4v) is 1.49. The fraction of sp³-hybridized carbons (Fsp3) is 0.300. The summed E-state index contributed by atoms with van der Waals surface area (Å²) < 4.78 is 0. The number of anilines is 1. The minimum atomic E-state index is -0.562. The SMILES string of the molecule is O=C1Nc2ccccc2C1N=NCCO. The highest BCUT2D eigenvalue weighted by Gasteiger charge is 2.29. The van der Waals surface area contributed by atoms with E-state index in [0.29, 0.717) is 0 Å². The Morgan fingerprint density at radius 2 is 2.20 bits per heavy atom. The van der Waals surface area contributed by atoms with E-state index in [1.54, 1.807) is 0 Å². The molecule has 1 aromatic rings. The lowest BCUT2D eigenvalue weighted by molar-refractivity contribution is -0.117. The van der Waals surface area contributed by atoms with E-state index in [-0.39, 0.29) is 19.1 Å². The molecule has 1 heterocycles. The number of nitrogens with zero attached hydrogens (tertiary/aromatic N) is 2. The molecule has 5 nitrogen and oxygen atoms in total. The number of benzene rings is 1. The number of azo groups is 1. The van der Waals surface area contributed by atoms with Crippen LogP contribution in [0.25, 0.3) is 0 Å². The quantitative estimate of drug-likeness (QED) is 0.726. The standard InChI is InChI=1S/C10H11N3O2/c14-6-5-11-13-9-7-3-1-2-4-8(7)12-10(9)15/h1-4,9,14H,5-6H2,(H,12,15). The van der Waals surface area contributed by atoms with Gasteiger partial charge in [0.15, 0.2) is 6.04 Å². The van der Waals surface area contributed by atoms with Gasteiger partial charge in [-0.15, -0.1) is 0 Å². The van der Waals surface area contributed by atoms with Crippen molar-refractivity contribution >= 4 is 11.6 Å². The highest BCUT2D eigenvalue weighted by atomic mass is 16.3. The van der Waals surface area contributed by atoms with Gasteiger partial charge < -0.3 is 10.4 Å². The summed E-state index contributed by atoms with van der Waals surface area (Å²) in [5.41, 5.74) is 1.62. The van der Waals surface area contributed by atoms with Gasteiger partial charge in [0.25, 0.3) is 5.91 Å². The number of carbonyl (C=O) groups is 1. The molecule has 0 radical (unpaired) electrons. The van der Waals surface area contributed by atoms with E-state index in [4.69, 9.17) is 5.11 Å². The smallest absolute Gasteiger partial charge is 0.255 e. The van der Waals surface area contributed by atoms with E-state index in [9.17, 15) is 4.79 Å². The summed E-state index contributed by atoms with van der Waals surface area (Å²) in [6.07, 6.45) is 0. The van der Waals surface area contributed by atoms with Gasteiger partial charge in [-0.3, -0.25) is 4.79 Å². The Labute approximate surface area is 86.8 Å². The molecule has 78 valence electrons. The van der Waals surface area contributed by atoms with Gasteiger partial charge in [0.05, 0.1) is 13.2 Å². The Hall–Kier alpha value is -1.75. The molecule has 0 aromatic heterocycles. The Kier molecular flexibility index (Phi) is 2.73. The summed E-state index contributed by atoms with van der Waals surface area (Å²) >= 11 is 0. The molecule has 0 saturated heterocycles. The molecule has 0 fully saturated rings. The van der Waals surface area contributed by atoms with Crippen molar-refractivity contribution < 1.29 is 9.90 Å². The molecule has 1 unspecified atom stereocenters. The van der Waals surface area contributed by atoms with Gasteiger partial charge >= 0.3 is 0 Å². The molecular weight excluding hydrogens is 194 g/mol. The summed E-state index contributed by atoms with van der Waals surface area (Å²) in [6, 6.07) is 6.82. The normalized spacial score (nSPS) is 19.3. The first kappa shape index (κ1) is 9.79. The van der Waals surface area contributed by atoms with Gasteiger partial charge in [-0.2, -0.15) is 10.2 Å². The largest absolute Gasteiger partial charge is 0.394 e. The minimum absolute atomic E-state index is 0.0561. The molecule has 1 aliphatic heterocycles. The molecular formula is C10H11N3O2. The summed E-state index contributed by atoms with van der Waals surface area (Å²) in [4.78, 5) is 11.5. The van der Waals surface area contributed by atoms with Crippen LogP contribution in [0.1, 0.15) is 11.6 Å². The molecule has 2 N–H and O–H groups in total. The van der Waals surface area contributed by atoms with Crippen LogP contribution in [0.15, 0.2) is 34.5 Å². The van der Waals surface area contributed by atoms with Crippen LogP contribution in [0.2, 0.25) is 0 Å². The first-order valence-electron chi connectivity index (χ1n) is 4.70. The number of fused-ring (bicyclic) bond motifs is 1. The lowest BCUT2D eigenvalue weighted by atomic mass is 10.1. The second-order valence-corrected chi connectivity index (χ2v) is 3.18. The van der Waals surface area contributed by atoms with Crippen LogP contribution in [0.5, 0.6) is 0 Å². The van der Waals surface area contributed by atoms with Gasteiger partial charge in [0.1, 0.15) is 0 Å². The van der Waals surface area contributed by atoms with E-state index in [2.05, 4.69) is 15.5 Å². The van der Waals surface area contributed by atoms with Gasteiger partial charge in [0.2, 0.25) is 0 Å². The van der Waals surface area contributed by atoms with Crippen LogP contribution in [0.3, 0.4) is 0 Å². The second-order valence-electron chi connectivity index (χ2n) is 3.18. The van der Waals surface area contributed by atoms with E-state index < -0.39 is 6.04 Å². The van der Waals surface area contributed by atoms with Gasteiger partial charge in [-0.25, -0.2) is 0 Å². The van der Waals surface area contributed by atoms with Crippen molar-refractivity contribution in [3.63, 3.8) is 0 Å². The third kappa shape index (κ3) is 1.87. The number of para-hydroxylation sites is 1. The average molecular weight is 205 g/mol. The number of amides is 1. The second kappa shape index (κ2) is 4.18. The zero-order chi connectivity index (χ0) is 10.7. The van der Waals surface area contributed by atoms with Crippen molar-refractivity contribution in [2.75, 3.05) is 18.5 Å². The highest BCUT2D eigenvalue weighted by molar-refractivity contribution is 6.02. The Balaban J connectivity index is 2.22. The molecule has 1 atom stereocenters. The van der Waals surface area contributed by atoms with Crippen molar-refractivity contribution in [3.05, 3.63) is 29.8 Å². The number of hydrogen-bond acceptors (Lipinski definition) is 4. The minimum Gasteiger partial charge on any atom is -0.394 e. The van der Waals surface area contributed by atoms with Crippen LogP contribution >= 0.6 is 0 Å². The van der Waals surface area contributed by atoms with E-state index in [0.717, 1.165) is 11.3 Å². The molecule has 1 aliphatic rings. The van der Waals surface area contributed by atoms with Crippen molar-refractivity contribution in [1.82, 2.24) is 0 Å². The molecule has 15 heavy (non-hydrogen) atoms. The van der Waals surface area contributed by atoms with Crippen molar-refractivity contribution in [2.24, 2.45) is 10.2 Å². The van der Waals surface area contributed by atoms with E-state index >= 15 is 0 Å².